The van der Waals surface area contributed by atoms with Crippen LogP contribution in [0, 0.1) is 6.92 Å². The van der Waals surface area contributed by atoms with Crippen molar-refractivity contribution in [3.05, 3.63) is 23.8 Å². The monoisotopic (exact) mass is 187 g/mol. The third kappa shape index (κ3) is 1.80. The Morgan fingerprint density at radius 2 is 2.15 bits per heavy atom. The molecule has 2 N–H and O–H groups in total. The van der Waals surface area contributed by atoms with Crippen molar-refractivity contribution in [2.45, 2.75) is 25.8 Å². The summed E-state index contributed by atoms with van der Waals surface area (Å²) in [5, 5.41) is 0. The van der Waals surface area contributed by atoms with Gasteiger partial charge in [0.25, 0.3) is 6.43 Å². The van der Waals surface area contributed by atoms with E-state index in [-0.39, 0.29) is 5.56 Å². The first kappa shape index (κ1) is 9.98. The van der Waals surface area contributed by atoms with E-state index in [2.05, 4.69) is 9.97 Å². The minimum absolute atomic E-state index is 0.282. The van der Waals surface area contributed by atoms with Gasteiger partial charge >= 0.3 is 0 Å². The highest BCUT2D eigenvalue weighted by molar-refractivity contribution is 5.24. The number of aromatic nitrogens is 2. The standard InChI is InChI=1S/C8H11F2N3/c1-5-6(3-12-4-13-5)8(2,11)7(9)10/h3-4,7H,11H2,1-2H3. The number of nitrogens with two attached hydrogens (primary N) is 1. The Bertz CT molecular complexity index is 299. The molecule has 1 aromatic heterocycles. The maximum Gasteiger partial charge on any atom is 0.260 e. The number of hydrogen-bond donors (Lipinski definition) is 1. The average molecular weight is 187 g/mol. The number of alkyl halides is 2. The first-order chi connectivity index (χ1) is 5.96. The van der Waals surface area contributed by atoms with Gasteiger partial charge in [-0.2, -0.15) is 0 Å². The molecule has 1 atom stereocenters. The van der Waals surface area contributed by atoms with E-state index in [1.165, 1.54) is 19.4 Å². The first-order valence-corrected chi connectivity index (χ1v) is 3.80. The van der Waals surface area contributed by atoms with Gasteiger partial charge in [0.2, 0.25) is 0 Å². The number of hydrogen-bond acceptors (Lipinski definition) is 3. The molecule has 3 nitrogen and oxygen atoms in total. The molecule has 0 aliphatic rings. The summed E-state index contributed by atoms with van der Waals surface area (Å²) in [6.07, 6.45) is 0.00621. The average Bonchev–Trinajstić information content (AvgIpc) is 2.04. The van der Waals surface area contributed by atoms with Crippen LogP contribution in [0.4, 0.5) is 8.78 Å². The second-order valence-electron chi connectivity index (χ2n) is 3.11. The molecular formula is C8H11F2N3. The second kappa shape index (κ2) is 3.33. The SMILES string of the molecule is Cc1ncncc1C(C)(N)C(F)F. The van der Waals surface area contributed by atoms with Crippen molar-refractivity contribution in [2.75, 3.05) is 0 Å². The summed E-state index contributed by atoms with van der Waals surface area (Å²) in [4.78, 5) is 7.47. The lowest BCUT2D eigenvalue weighted by Gasteiger charge is -2.24. The van der Waals surface area contributed by atoms with Crippen LogP contribution in [0.25, 0.3) is 0 Å². The van der Waals surface area contributed by atoms with Crippen molar-refractivity contribution >= 4 is 0 Å². The van der Waals surface area contributed by atoms with Crippen LogP contribution in [0.1, 0.15) is 18.2 Å². The van der Waals surface area contributed by atoms with Crippen LogP contribution in [-0.2, 0) is 5.54 Å². The predicted molar refractivity (Wildman–Crippen MR) is 44.3 cm³/mol. The molecule has 0 radical (unpaired) electrons. The minimum atomic E-state index is -2.63. The highest BCUT2D eigenvalue weighted by atomic mass is 19.3. The fourth-order valence-corrected chi connectivity index (χ4v) is 1.04. The summed E-state index contributed by atoms with van der Waals surface area (Å²) in [6, 6.07) is 0. The fraction of sp³-hybridized carbons (Fsp3) is 0.500. The van der Waals surface area contributed by atoms with E-state index in [1.54, 1.807) is 6.92 Å². The van der Waals surface area contributed by atoms with Gasteiger partial charge in [0.15, 0.2) is 0 Å². The Morgan fingerprint density at radius 3 is 2.62 bits per heavy atom. The zero-order valence-electron chi connectivity index (χ0n) is 7.46. The van der Waals surface area contributed by atoms with E-state index in [9.17, 15) is 8.78 Å². The van der Waals surface area contributed by atoms with Crippen molar-refractivity contribution in [1.82, 2.24) is 9.97 Å². The van der Waals surface area contributed by atoms with Gasteiger partial charge in [0.05, 0.1) is 0 Å². The number of halogens is 2. The quantitative estimate of drug-likeness (QED) is 0.757. The Hall–Kier alpha value is -1.10. The van der Waals surface area contributed by atoms with E-state index >= 15 is 0 Å². The summed E-state index contributed by atoms with van der Waals surface area (Å²) >= 11 is 0. The summed E-state index contributed by atoms with van der Waals surface area (Å²) in [5.41, 5.74) is 4.55. The lowest BCUT2D eigenvalue weighted by molar-refractivity contribution is 0.0617. The molecule has 0 amide bonds. The Balaban J connectivity index is 3.14. The smallest absolute Gasteiger partial charge is 0.260 e. The zero-order valence-corrected chi connectivity index (χ0v) is 7.46. The van der Waals surface area contributed by atoms with Gasteiger partial charge in [-0.05, 0) is 13.8 Å². The van der Waals surface area contributed by atoms with Crippen molar-refractivity contribution in [3.63, 3.8) is 0 Å². The van der Waals surface area contributed by atoms with Crippen LogP contribution in [0.15, 0.2) is 12.5 Å². The van der Waals surface area contributed by atoms with Gasteiger partial charge in [0.1, 0.15) is 11.9 Å². The molecule has 0 saturated carbocycles. The molecule has 1 heterocycles. The predicted octanol–water partition coefficient (Wildman–Crippen LogP) is 1.22. The van der Waals surface area contributed by atoms with E-state index in [1.807, 2.05) is 0 Å². The Kier molecular flexibility index (Phi) is 2.56. The molecule has 1 rings (SSSR count). The van der Waals surface area contributed by atoms with Crippen LogP contribution < -0.4 is 5.73 Å². The number of aryl methyl sites for hydroxylation is 1. The topological polar surface area (TPSA) is 51.8 Å². The molecule has 0 fully saturated rings. The van der Waals surface area contributed by atoms with Gasteiger partial charge in [-0.15, -0.1) is 0 Å². The van der Waals surface area contributed by atoms with Gasteiger partial charge < -0.3 is 5.73 Å². The van der Waals surface area contributed by atoms with Crippen LogP contribution in [-0.4, -0.2) is 16.4 Å². The molecule has 0 aromatic carbocycles. The molecule has 1 unspecified atom stereocenters. The minimum Gasteiger partial charge on any atom is -0.317 e. The molecule has 0 bridgehead atoms. The van der Waals surface area contributed by atoms with Crippen molar-refractivity contribution in [1.29, 1.82) is 0 Å². The number of nitrogens with zero attached hydrogens (tertiary/aromatic N) is 2. The highest BCUT2D eigenvalue weighted by Gasteiger charge is 2.34. The Labute approximate surface area is 75.0 Å². The van der Waals surface area contributed by atoms with Crippen LogP contribution in [0.2, 0.25) is 0 Å². The molecule has 5 heteroatoms. The third-order valence-electron chi connectivity index (χ3n) is 1.95. The Morgan fingerprint density at radius 1 is 1.54 bits per heavy atom. The molecule has 72 valence electrons. The fourth-order valence-electron chi connectivity index (χ4n) is 1.04. The van der Waals surface area contributed by atoms with Crippen molar-refractivity contribution in [3.8, 4) is 0 Å². The number of rotatable bonds is 2. The van der Waals surface area contributed by atoms with Crippen LogP contribution in [0.3, 0.4) is 0 Å². The first-order valence-electron chi connectivity index (χ1n) is 3.80. The molecular weight excluding hydrogens is 176 g/mol. The molecule has 0 aliphatic heterocycles. The molecule has 1 aromatic rings. The van der Waals surface area contributed by atoms with Gasteiger partial charge in [-0.25, -0.2) is 18.7 Å². The summed E-state index contributed by atoms with van der Waals surface area (Å²) < 4.78 is 25.0. The molecule has 0 spiro atoms. The van der Waals surface area contributed by atoms with E-state index in [0.29, 0.717) is 5.69 Å². The van der Waals surface area contributed by atoms with Crippen LogP contribution >= 0.6 is 0 Å². The third-order valence-corrected chi connectivity index (χ3v) is 1.95. The summed E-state index contributed by atoms with van der Waals surface area (Å²) in [7, 11) is 0. The van der Waals surface area contributed by atoms with Crippen molar-refractivity contribution < 1.29 is 8.78 Å². The maximum absolute atomic E-state index is 12.5. The largest absolute Gasteiger partial charge is 0.317 e. The lowest BCUT2D eigenvalue weighted by Crippen LogP contribution is -2.41. The van der Waals surface area contributed by atoms with Gasteiger partial charge in [-0.1, -0.05) is 0 Å². The van der Waals surface area contributed by atoms with E-state index in [4.69, 9.17) is 5.73 Å². The second-order valence-corrected chi connectivity index (χ2v) is 3.11. The maximum atomic E-state index is 12.5. The zero-order chi connectivity index (χ0) is 10.1. The summed E-state index contributed by atoms with van der Waals surface area (Å²) in [5.74, 6) is 0. The normalized spacial score (nSPS) is 15.8. The van der Waals surface area contributed by atoms with Gasteiger partial charge in [-0.3, -0.25) is 0 Å². The molecule has 0 saturated heterocycles. The van der Waals surface area contributed by atoms with Crippen molar-refractivity contribution in [2.24, 2.45) is 5.73 Å². The van der Waals surface area contributed by atoms with E-state index in [0.717, 1.165) is 0 Å². The lowest BCUT2D eigenvalue weighted by atomic mass is 9.94. The van der Waals surface area contributed by atoms with Gasteiger partial charge in [0, 0.05) is 17.5 Å². The highest BCUT2D eigenvalue weighted by Crippen LogP contribution is 2.25. The van der Waals surface area contributed by atoms with E-state index < -0.39 is 12.0 Å². The van der Waals surface area contributed by atoms with Crippen LogP contribution in [0.5, 0.6) is 0 Å². The summed E-state index contributed by atoms with van der Waals surface area (Å²) in [6.45, 7) is 2.90. The molecule has 13 heavy (non-hydrogen) atoms. The molecule has 0 aliphatic carbocycles.